The van der Waals surface area contributed by atoms with E-state index in [2.05, 4.69) is 22.9 Å². The van der Waals surface area contributed by atoms with Gasteiger partial charge in [-0.15, -0.1) is 0 Å². The van der Waals surface area contributed by atoms with Gasteiger partial charge in [0.1, 0.15) is 0 Å². The summed E-state index contributed by atoms with van der Waals surface area (Å²) in [6.07, 6.45) is 1.85. The predicted octanol–water partition coefficient (Wildman–Crippen LogP) is 5.93. The van der Waals surface area contributed by atoms with E-state index in [-0.39, 0.29) is 5.97 Å². The van der Waals surface area contributed by atoms with Gasteiger partial charge in [-0.05, 0) is 37.1 Å². The Kier molecular flexibility index (Phi) is 5.49. The summed E-state index contributed by atoms with van der Waals surface area (Å²) in [6.45, 7) is 4.45. The van der Waals surface area contributed by atoms with Crippen molar-refractivity contribution in [1.82, 2.24) is 4.98 Å². The number of carbonyl (C=O) groups excluding carboxylic acids is 1. The van der Waals surface area contributed by atoms with E-state index in [0.717, 1.165) is 45.0 Å². The van der Waals surface area contributed by atoms with Crippen LogP contribution in [0.3, 0.4) is 0 Å². The molecular formula is C21H20BrNO2. The third kappa shape index (κ3) is 3.74. The molecule has 3 aromatic rings. The van der Waals surface area contributed by atoms with Crippen molar-refractivity contribution < 1.29 is 9.53 Å². The second-order valence-electron chi connectivity index (χ2n) is 5.98. The van der Waals surface area contributed by atoms with Gasteiger partial charge in [0.05, 0.1) is 23.4 Å². The van der Waals surface area contributed by atoms with Gasteiger partial charge in [0, 0.05) is 15.4 Å². The van der Waals surface area contributed by atoms with Crippen LogP contribution in [-0.2, 0) is 4.74 Å². The molecule has 128 valence electrons. The molecule has 0 amide bonds. The Balaban J connectivity index is 2.19. The first-order valence-electron chi connectivity index (χ1n) is 8.44. The number of aromatic nitrogens is 1. The van der Waals surface area contributed by atoms with Crippen LogP contribution in [0.15, 0.2) is 53.0 Å². The minimum absolute atomic E-state index is 0.284. The Morgan fingerprint density at radius 2 is 1.92 bits per heavy atom. The minimum atomic E-state index is -0.284. The van der Waals surface area contributed by atoms with E-state index in [0.29, 0.717) is 12.2 Å². The highest BCUT2D eigenvalue weighted by atomic mass is 79.9. The summed E-state index contributed by atoms with van der Waals surface area (Å²) in [5.74, 6) is -0.284. The average Bonchev–Trinajstić information content (AvgIpc) is 2.62. The molecule has 0 radical (unpaired) electrons. The Hall–Kier alpha value is -2.20. The van der Waals surface area contributed by atoms with Crippen molar-refractivity contribution in [1.29, 1.82) is 0 Å². The highest BCUT2D eigenvalue weighted by molar-refractivity contribution is 9.10. The Morgan fingerprint density at radius 1 is 1.16 bits per heavy atom. The molecule has 3 rings (SSSR count). The van der Waals surface area contributed by atoms with Crippen LogP contribution >= 0.6 is 15.9 Å². The van der Waals surface area contributed by atoms with Crippen LogP contribution in [0.25, 0.3) is 22.2 Å². The zero-order chi connectivity index (χ0) is 17.8. The average molecular weight is 398 g/mol. The summed E-state index contributed by atoms with van der Waals surface area (Å²) in [5, 5.41) is 0.813. The molecule has 1 aromatic heterocycles. The summed E-state index contributed by atoms with van der Waals surface area (Å²) in [4.78, 5) is 17.6. The first kappa shape index (κ1) is 17.6. The van der Waals surface area contributed by atoms with Gasteiger partial charge in [-0.2, -0.15) is 0 Å². The summed E-state index contributed by atoms with van der Waals surface area (Å²) in [7, 11) is 0. The van der Waals surface area contributed by atoms with Crippen LogP contribution in [0.1, 0.15) is 35.7 Å². The number of nitrogens with zero attached hydrogens (tertiary/aromatic N) is 1. The maximum Gasteiger partial charge on any atom is 0.339 e. The summed E-state index contributed by atoms with van der Waals surface area (Å²) >= 11 is 3.49. The molecule has 4 heteroatoms. The van der Waals surface area contributed by atoms with Crippen molar-refractivity contribution in [2.24, 2.45) is 0 Å². The Labute approximate surface area is 156 Å². The molecule has 0 fully saturated rings. The summed E-state index contributed by atoms with van der Waals surface area (Å²) < 4.78 is 6.42. The lowest BCUT2D eigenvalue weighted by molar-refractivity contribution is 0.0501. The fourth-order valence-corrected chi connectivity index (χ4v) is 3.21. The SMILES string of the molecule is CCCCOC(=O)c1c(C)c(-c2ccccc2)nc2ccc(Br)cc12. The van der Waals surface area contributed by atoms with Gasteiger partial charge in [-0.25, -0.2) is 9.78 Å². The van der Waals surface area contributed by atoms with Crippen LogP contribution in [0, 0.1) is 6.92 Å². The van der Waals surface area contributed by atoms with E-state index in [1.54, 1.807) is 0 Å². The molecule has 0 aliphatic rings. The topological polar surface area (TPSA) is 39.2 Å². The molecule has 0 saturated carbocycles. The molecule has 3 nitrogen and oxygen atoms in total. The van der Waals surface area contributed by atoms with Crippen LogP contribution in [-0.4, -0.2) is 17.6 Å². The third-order valence-electron chi connectivity index (χ3n) is 4.17. The second-order valence-corrected chi connectivity index (χ2v) is 6.89. The van der Waals surface area contributed by atoms with Crippen LogP contribution < -0.4 is 0 Å². The number of pyridine rings is 1. The number of halogens is 1. The van der Waals surface area contributed by atoms with Gasteiger partial charge >= 0.3 is 5.97 Å². The van der Waals surface area contributed by atoms with Crippen LogP contribution in [0.2, 0.25) is 0 Å². The normalized spacial score (nSPS) is 10.8. The van der Waals surface area contributed by atoms with Gasteiger partial charge in [-0.3, -0.25) is 0 Å². The number of ether oxygens (including phenoxy) is 1. The van der Waals surface area contributed by atoms with Gasteiger partial charge < -0.3 is 4.74 Å². The van der Waals surface area contributed by atoms with E-state index < -0.39 is 0 Å². The molecule has 25 heavy (non-hydrogen) atoms. The van der Waals surface area contributed by atoms with Crippen molar-refractivity contribution in [3.63, 3.8) is 0 Å². The zero-order valence-corrected chi connectivity index (χ0v) is 16.0. The number of esters is 1. The lowest BCUT2D eigenvalue weighted by atomic mass is 9.98. The van der Waals surface area contributed by atoms with Gasteiger partial charge in [0.15, 0.2) is 0 Å². The molecule has 0 unspecified atom stereocenters. The van der Waals surface area contributed by atoms with E-state index >= 15 is 0 Å². The fourth-order valence-electron chi connectivity index (χ4n) is 2.85. The largest absolute Gasteiger partial charge is 0.462 e. The van der Waals surface area contributed by atoms with Gasteiger partial charge in [0.25, 0.3) is 0 Å². The number of benzene rings is 2. The molecule has 0 N–H and O–H groups in total. The van der Waals surface area contributed by atoms with Crippen LogP contribution in [0.5, 0.6) is 0 Å². The third-order valence-corrected chi connectivity index (χ3v) is 4.67. The Morgan fingerprint density at radius 3 is 2.64 bits per heavy atom. The Bertz CT molecular complexity index is 907. The molecule has 0 bridgehead atoms. The molecule has 0 atom stereocenters. The first-order chi connectivity index (χ1) is 12.1. The highest BCUT2D eigenvalue weighted by Crippen LogP contribution is 2.31. The maximum atomic E-state index is 12.8. The lowest BCUT2D eigenvalue weighted by Crippen LogP contribution is -2.11. The fraction of sp³-hybridized carbons (Fsp3) is 0.238. The van der Waals surface area contributed by atoms with Crippen LogP contribution in [0.4, 0.5) is 0 Å². The minimum Gasteiger partial charge on any atom is -0.462 e. The molecule has 1 heterocycles. The van der Waals surface area contributed by atoms with Crippen molar-refractivity contribution >= 4 is 32.8 Å². The van der Waals surface area contributed by atoms with Crippen molar-refractivity contribution in [2.45, 2.75) is 26.7 Å². The number of unbranched alkanes of at least 4 members (excludes halogenated alkanes) is 1. The summed E-state index contributed by atoms with van der Waals surface area (Å²) in [6, 6.07) is 15.7. The van der Waals surface area contributed by atoms with Gasteiger partial charge in [0.2, 0.25) is 0 Å². The number of rotatable bonds is 5. The zero-order valence-electron chi connectivity index (χ0n) is 14.4. The van der Waals surface area contributed by atoms with Crippen molar-refractivity contribution in [3.8, 4) is 11.3 Å². The molecule has 0 aliphatic carbocycles. The smallest absolute Gasteiger partial charge is 0.339 e. The lowest BCUT2D eigenvalue weighted by Gasteiger charge is -2.14. The van der Waals surface area contributed by atoms with E-state index in [9.17, 15) is 4.79 Å². The monoisotopic (exact) mass is 397 g/mol. The number of hydrogen-bond acceptors (Lipinski definition) is 3. The second kappa shape index (κ2) is 7.79. The van der Waals surface area contributed by atoms with Crippen molar-refractivity contribution in [3.05, 3.63) is 64.1 Å². The quantitative estimate of drug-likeness (QED) is 0.395. The molecular weight excluding hydrogens is 378 g/mol. The standard InChI is InChI=1S/C21H20BrNO2/c1-3-4-12-25-21(24)19-14(2)20(15-8-6-5-7-9-15)23-18-11-10-16(22)13-17(18)19/h5-11,13H,3-4,12H2,1-2H3. The molecule has 2 aromatic carbocycles. The molecule has 0 saturated heterocycles. The predicted molar refractivity (Wildman–Crippen MR) is 105 cm³/mol. The summed E-state index contributed by atoms with van der Waals surface area (Å²) in [5.41, 5.74) is 4.04. The van der Waals surface area contributed by atoms with Crippen molar-refractivity contribution in [2.75, 3.05) is 6.61 Å². The highest BCUT2D eigenvalue weighted by Gasteiger charge is 2.20. The number of carbonyl (C=O) groups is 1. The maximum absolute atomic E-state index is 12.8. The van der Waals surface area contributed by atoms with E-state index in [4.69, 9.17) is 9.72 Å². The first-order valence-corrected chi connectivity index (χ1v) is 9.23. The number of fused-ring (bicyclic) bond motifs is 1. The van der Waals surface area contributed by atoms with E-state index in [1.807, 2.05) is 55.5 Å². The molecule has 0 spiro atoms. The van der Waals surface area contributed by atoms with E-state index in [1.165, 1.54) is 0 Å². The number of hydrogen-bond donors (Lipinski definition) is 0. The molecule has 0 aliphatic heterocycles. The van der Waals surface area contributed by atoms with Gasteiger partial charge in [-0.1, -0.05) is 59.6 Å².